The molecule has 0 aromatic heterocycles. The van der Waals surface area contributed by atoms with E-state index in [0.717, 1.165) is 12.5 Å². The molecule has 0 aromatic carbocycles. The lowest BCUT2D eigenvalue weighted by Gasteiger charge is -2.22. The molecule has 0 heterocycles. The second kappa shape index (κ2) is 2.91. The minimum atomic E-state index is 0.591. The molecule has 1 fully saturated rings. The summed E-state index contributed by atoms with van der Waals surface area (Å²) < 4.78 is 0. The smallest absolute Gasteiger partial charge is 0.00721 e. The molecule has 0 radical (unpaired) electrons. The van der Waals surface area contributed by atoms with Gasteiger partial charge < -0.3 is 5.73 Å². The Morgan fingerprint density at radius 2 is 2.30 bits per heavy atom. The average molecular weight is 141 g/mol. The number of hydrogen-bond acceptors (Lipinski definition) is 1. The van der Waals surface area contributed by atoms with Crippen molar-refractivity contribution in [3.63, 3.8) is 0 Å². The second-order valence-corrected chi connectivity index (χ2v) is 4.20. The van der Waals surface area contributed by atoms with Gasteiger partial charge >= 0.3 is 0 Å². The second-order valence-electron chi connectivity index (χ2n) is 4.20. The van der Waals surface area contributed by atoms with Crippen molar-refractivity contribution >= 4 is 0 Å². The molecule has 0 bridgehead atoms. The van der Waals surface area contributed by atoms with Crippen molar-refractivity contribution in [2.45, 2.75) is 39.5 Å². The summed E-state index contributed by atoms with van der Waals surface area (Å²) in [7, 11) is 0. The molecule has 0 saturated heterocycles. The molecule has 1 nitrogen and oxygen atoms in total. The van der Waals surface area contributed by atoms with Crippen molar-refractivity contribution in [3.8, 4) is 0 Å². The maximum absolute atomic E-state index is 5.54. The summed E-state index contributed by atoms with van der Waals surface area (Å²) in [6, 6.07) is 0. The average Bonchev–Trinajstić information content (AvgIpc) is 2.12. The number of rotatable bonds is 2. The SMILES string of the molecule is CC1CCC(C)(CCN)C1. The van der Waals surface area contributed by atoms with E-state index in [9.17, 15) is 0 Å². The maximum Gasteiger partial charge on any atom is -0.00721 e. The van der Waals surface area contributed by atoms with Crippen LogP contribution < -0.4 is 5.73 Å². The minimum absolute atomic E-state index is 0.591. The first-order chi connectivity index (χ1) is 4.66. The van der Waals surface area contributed by atoms with Crippen LogP contribution in [-0.4, -0.2) is 6.54 Å². The Bertz CT molecular complexity index is 107. The Morgan fingerprint density at radius 1 is 1.60 bits per heavy atom. The van der Waals surface area contributed by atoms with Crippen LogP contribution in [0.3, 0.4) is 0 Å². The van der Waals surface area contributed by atoms with E-state index in [4.69, 9.17) is 5.73 Å². The minimum Gasteiger partial charge on any atom is -0.330 e. The van der Waals surface area contributed by atoms with Crippen molar-refractivity contribution < 1.29 is 0 Å². The highest BCUT2D eigenvalue weighted by Gasteiger charge is 2.31. The van der Waals surface area contributed by atoms with Gasteiger partial charge in [0.15, 0.2) is 0 Å². The molecule has 2 N–H and O–H groups in total. The number of hydrogen-bond donors (Lipinski definition) is 1. The lowest BCUT2D eigenvalue weighted by molar-refractivity contribution is 0.303. The summed E-state index contributed by atoms with van der Waals surface area (Å²) in [5.41, 5.74) is 6.13. The Balaban J connectivity index is 2.38. The largest absolute Gasteiger partial charge is 0.330 e. The highest BCUT2D eigenvalue weighted by molar-refractivity contribution is 4.83. The van der Waals surface area contributed by atoms with E-state index in [1.165, 1.54) is 25.7 Å². The van der Waals surface area contributed by atoms with Crippen LogP contribution in [0, 0.1) is 11.3 Å². The van der Waals surface area contributed by atoms with E-state index in [2.05, 4.69) is 13.8 Å². The van der Waals surface area contributed by atoms with Gasteiger partial charge in [0.25, 0.3) is 0 Å². The highest BCUT2D eigenvalue weighted by Crippen LogP contribution is 2.43. The fraction of sp³-hybridized carbons (Fsp3) is 1.00. The van der Waals surface area contributed by atoms with Crippen LogP contribution in [0.4, 0.5) is 0 Å². The summed E-state index contributed by atoms with van der Waals surface area (Å²) >= 11 is 0. The third kappa shape index (κ3) is 1.72. The van der Waals surface area contributed by atoms with Crippen LogP contribution in [-0.2, 0) is 0 Å². The Hall–Kier alpha value is -0.0400. The first kappa shape index (κ1) is 8.06. The van der Waals surface area contributed by atoms with Crippen LogP contribution >= 0.6 is 0 Å². The number of nitrogens with two attached hydrogens (primary N) is 1. The van der Waals surface area contributed by atoms with E-state index >= 15 is 0 Å². The third-order valence-corrected chi connectivity index (χ3v) is 2.83. The molecule has 10 heavy (non-hydrogen) atoms. The third-order valence-electron chi connectivity index (χ3n) is 2.83. The molecule has 2 atom stereocenters. The van der Waals surface area contributed by atoms with Crippen molar-refractivity contribution in [1.29, 1.82) is 0 Å². The Kier molecular flexibility index (Phi) is 2.35. The lowest BCUT2D eigenvalue weighted by Crippen LogP contribution is -2.17. The van der Waals surface area contributed by atoms with E-state index in [1.54, 1.807) is 0 Å². The maximum atomic E-state index is 5.54. The lowest BCUT2D eigenvalue weighted by atomic mass is 9.84. The van der Waals surface area contributed by atoms with Gasteiger partial charge in [-0.3, -0.25) is 0 Å². The molecule has 0 spiro atoms. The molecule has 1 saturated carbocycles. The zero-order valence-corrected chi connectivity index (χ0v) is 7.19. The predicted octanol–water partition coefficient (Wildman–Crippen LogP) is 2.16. The van der Waals surface area contributed by atoms with Crippen LogP contribution in [0.25, 0.3) is 0 Å². The molecule has 0 amide bonds. The monoisotopic (exact) mass is 141 g/mol. The molecule has 0 aliphatic heterocycles. The zero-order valence-electron chi connectivity index (χ0n) is 7.19. The van der Waals surface area contributed by atoms with E-state index < -0.39 is 0 Å². The van der Waals surface area contributed by atoms with Gasteiger partial charge in [-0.15, -0.1) is 0 Å². The summed E-state index contributed by atoms with van der Waals surface area (Å²) in [5, 5.41) is 0. The quantitative estimate of drug-likeness (QED) is 0.626. The fourth-order valence-corrected chi connectivity index (χ4v) is 2.22. The molecule has 0 aromatic rings. The summed E-state index contributed by atoms with van der Waals surface area (Å²) in [6.45, 7) is 5.59. The van der Waals surface area contributed by atoms with Crippen LogP contribution in [0.5, 0.6) is 0 Å². The van der Waals surface area contributed by atoms with Gasteiger partial charge in [-0.2, -0.15) is 0 Å². The molecule has 1 heteroatoms. The molecule has 2 unspecified atom stereocenters. The van der Waals surface area contributed by atoms with E-state index in [1.807, 2.05) is 0 Å². The van der Waals surface area contributed by atoms with Crippen LogP contribution in [0.1, 0.15) is 39.5 Å². The highest BCUT2D eigenvalue weighted by atomic mass is 14.5. The van der Waals surface area contributed by atoms with Gasteiger partial charge in [0, 0.05) is 0 Å². The topological polar surface area (TPSA) is 26.0 Å². The molecule has 1 aliphatic carbocycles. The van der Waals surface area contributed by atoms with E-state index in [-0.39, 0.29) is 0 Å². The summed E-state index contributed by atoms with van der Waals surface area (Å²) in [5.74, 6) is 0.941. The normalized spacial score (nSPS) is 40.5. The molecule has 60 valence electrons. The van der Waals surface area contributed by atoms with Gasteiger partial charge in [0.05, 0.1) is 0 Å². The predicted molar refractivity (Wildman–Crippen MR) is 44.8 cm³/mol. The zero-order chi connectivity index (χ0) is 7.61. The van der Waals surface area contributed by atoms with Gasteiger partial charge in [0.2, 0.25) is 0 Å². The van der Waals surface area contributed by atoms with Crippen LogP contribution in [0.2, 0.25) is 0 Å². The Morgan fingerprint density at radius 3 is 2.70 bits per heavy atom. The van der Waals surface area contributed by atoms with Gasteiger partial charge in [-0.25, -0.2) is 0 Å². The molecule has 1 aliphatic rings. The van der Waals surface area contributed by atoms with Crippen LogP contribution in [0.15, 0.2) is 0 Å². The van der Waals surface area contributed by atoms with Gasteiger partial charge in [-0.05, 0) is 37.1 Å². The standard InChI is InChI=1S/C9H19N/c1-8-3-4-9(2,7-8)5-6-10/h8H,3-7,10H2,1-2H3. The van der Waals surface area contributed by atoms with Crippen molar-refractivity contribution in [2.24, 2.45) is 17.1 Å². The molecular weight excluding hydrogens is 122 g/mol. The van der Waals surface area contributed by atoms with Gasteiger partial charge in [0.1, 0.15) is 0 Å². The first-order valence-corrected chi connectivity index (χ1v) is 4.36. The fourth-order valence-electron chi connectivity index (χ4n) is 2.22. The first-order valence-electron chi connectivity index (χ1n) is 4.36. The van der Waals surface area contributed by atoms with E-state index in [0.29, 0.717) is 5.41 Å². The van der Waals surface area contributed by atoms with Crippen molar-refractivity contribution in [2.75, 3.05) is 6.54 Å². The molecule has 1 rings (SSSR count). The summed E-state index contributed by atoms with van der Waals surface area (Å²) in [6.07, 6.45) is 5.42. The summed E-state index contributed by atoms with van der Waals surface area (Å²) in [4.78, 5) is 0. The Labute approximate surface area is 64.0 Å². The van der Waals surface area contributed by atoms with Crippen molar-refractivity contribution in [3.05, 3.63) is 0 Å². The molecular formula is C9H19N. The van der Waals surface area contributed by atoms with Crippen molar-refractivity contribution in [1.82, 2.24) is 0 Å². The van der Waals surface area contributed by atoms with Gasteiger partial charge in [-0.1, -0.05) is 20.3 Å².